The van der Waals surface area contributed by atoms with Crippen LogP contribution in [0, 0.1) is 0 Å². The quantitative estimate of drug-likeness (QED) is 0.689. The van der Waals surface area contributed by atoms with Gasteiger partial charge in [0.2, 0.25) is 0 Å². The summed E-state index contributed by atoms with van der Waals surface area (Å²) in [6.07, 6.45) is 0.789. The highest BCUT2D eigenvalue weighted by molar-refractivity contribution is 5.66. The molecule has 0 saturated carbocycles. The molecule has 0 bridgehead atoms. The maximum absolute atomic E-state index is 10.5. The van der Waals surface area contributed by atoms with Gasteiger partial charge in [-0.3, -0.25) is 0 Å². The van der Waals surface area contributed by atoms with Crippen LogP contribution in [0.15, 0.2) is 18.3 Å². The van der Waals surface area contributed by atoms with E-state index >= 15 is 0 Å². The molecule has 1 aliphatic heterocycles. The summed E-state index contributed by atoms with van der Waals surface area (Å²) in [6.45, 7) is 1.11. The number of amides is 1. The number of nitrogens with two attached hydrogens (primary N) is 1. The summed E-state index contributed by atoms with van der Waals surface area (Å²) in [6, 6.07) is 3.67. The number of carbonyl (C=O) groups is 1. The van der Waals surface area contributed by atoms with Crippen LogP contribution in [0.3, 0.4) is 0 Å². The van der Waals surface area contributed by atoms with E-state index in [0.29, 0.717) is 18.9 Å². The van der Waals surface area contributed by atoms with Crippen LogP contribution >= 0.6 is 0 Å². The van der Waals surface area contributed by atoms with E-state index in [1.54, 1.807) is 12.3 Å². The van der Waals surface area contributed by atoms with Gasteiger partial charge in [-0.25, -0.2) is 9.78 Å². The molecule has 0 spiro atoms. The number of nitrogens with zero attached hydrogens (tertiary/aromatic N) is 2. The Labute approximate surface area is 81.2 Å². The second-order valence-electron chi connectivity index (χ2n) is 3.40. The third-order valence-electron chi connectivity index (χ3n) is 2.43. The smallest absolute Gasteiger partial charge is 0.407 e. The molecule has 1 saturated heterocycles. The van der Waals surface area contributed by atoms with Crippen molar-refractivity contribution >= 4 is 11.9 Å². The standard InChI is InChI=1S/C9H11N3O2/c10-8-3-6(1-2-11-8)7-4-12(5-7)9(13)14/h1-3,7H,4-5H2,(H2,10,11)(H,13,14). The molecular weight excluding hydrogens is 182 g/mol. The fraction of sp³-hybridized carbons (Fsp3) is 0.333. The van der Waals surface area contributed by atoms with Gasteiger partial charge in [0.15, 0.2) is 0 Å². The van der Waals surface area contributed by atoms with Crippen LogP contribution in [0.5, 0.6) is 0 Å². The van der Waals surface area contributed by atoms with Gasteiger partial charge in [-0.2, -0.15) is 0 Å². The minimum absolute atomic E-state index is 0.274. The van der Waals surface area contributed by atoms with Gasteiger partial charge in [-0.05, 0) is 17.7 Å². The minimum atomic E-state index is -0.858. The van der Waals surface area contributed by atoms with Gasteiger partial charge in [-0.15, -0.1) is 0 Å². The summed E-state index contributed by atoms with van der Waals surface area (Å²) in [5, 5.41) is 8.64. The summed E-state index contributed by atoms with van der Waals surface area (Å²) in [4.78, 5) is 15.8. The summed E-state index contributed by atoms with van der Waals surface area (Å²) >= 11 is 0. The first-order chi connectivity index (χ1) is 6.66. The zero-order chi connectivity index (χ0) is 10.1. The Bertz CT molecular complexity index is 361. The average molecular weight is 193 g/mol. The lowest BCUT2D eigenvalue weighted by molar-refractivity contribution is 0.105. The summed E-state index contributed by atoms with van der Waals surface area (Å²) in [7, 11) is 0. The van der Waals surface area contributed by atoms with Crippen LogP contribution in [0.25, 0.3) is 0 Å². The number of rotatable bonds is 1. The van der Waals surface area contributed by atoms with Gasteiger partial charge < -0.3 is 15.7 Å². The molecule has 1 amide bonds. The zero-order valence-electron chi connectivity index (χ0n) is 7.55. The number of likely N-dealkylation sites (tertiary alicyclic amines) is 1. The number of carboxylic acid groups (broad SMARTS) is 1. The zero-order valence-corrected chi connectivity index (χ0v) is 7.55. The van der Waals surface area contributed by atoms with Gasteiger partial charge >= 0.3 is 6.09 Å². The van der Waals surface area contributed by atoms with Crippen LogP contribution in [-0.2, 0) is 0 Å². The Morgan fingerprint density at radius 2 is 2.36 bits per heavy atom. The van der Waals surface area contributed by atoms with Crippen molar-refractivity contribution in [2.24, 2.45) is 0 Å². The minimum Gasteiger partial charge on any atom is -0.465 e. The summed E-state index contributed by atoms with van der Waals surface area (Å²) in [5.41, 5.74) is 6.59. The highest BCUT2D eigenvalue weighted by Crippen LogP contribution is 2.27. The lowest BCUT2D eigenvalue weighted by atomic mass is 9.93. The molecule has 0 unspecified atom stereocenters. The SMILES string of the molecule is Nc1cc(C2CN(C(=O)O)C2)ccn1. The molecule has 1 fully saturated rings. The normalized spacial score (nSPS) is 16.4. The molecule has 1 aliphatic rings. The molecule has 2 heterocycles. The fourth-order valence-corrected chi connectivity index (χ4v) is 1.57. The second-order valence-corrected chi connectivity index (χ2v) is 3.40. The van der Waals surface area contributed by atoms with Crippen molar-refractivity contribution in [3.8, 4) is 0 Å². The van der Waals surface area contributed by atoms with Crippen molar-refractivity contribution in [2.75, 3.05) is 18.8 Å². The molecule has 1 aromatic heterocycles. The molecular formula is C9H11N3O2. The van der Waals surface area contributed by atoms with Gasteiger partial charge in [0.1, 0.15) is 5.82 Å². The molecule has 0 radical (unpaired) electrons. The predicted molar refractivity (Wildman–Crippen MR) is 51.0 cm³/mol. The Morgan fingerprint density at radius 1 is 1.64 bits per heavy atom. The number of nitrogen functional groups attached to an aromatic ring is 1. The van der Waals surface area contributed by atoms with Crippen LogP contribution in [0.1, 0.15) is 11.5 Å². The number of hydrogen-bond acceptors (Lipinski definition) is 3. The second kappa shape index (κ2) is 3.17. The van der Waals surface area contributed by atoms with Gasteiger partial charge in [0, 0.05) is 25.2 Å². The topological polar surface area (TPSA) is 79.5 Å². The van der Waals surface area contributed by atoms with E-state index in [4.69, 9.17) is 10.8 Å². The molecule has 2 rings (SSSR count). The molecule has 5 nitrogen and oxygen atoms in total. The van der Waals surface area contributed by atoms with Crippen molar-refractivity contribution in [3.63, 3.8) is 0 Å². The summed E-state index contributed by atoms with van der Waals surface area (Å²) < 4.78 is 0. The fourth-order valence-electron chi connectivity index (χ4n) is 1.57. The first-order valence-corrected chi connectivity index (χ1v) is 4.36. The molecule has 5 heteroatoms. The molecule has 3 N–H and O–H groups in total. The predicted octanol–water partition coefficient (Wildman–Crippen LogP) is 0.741. The largest absolute Gasteiger partial charge is 0.465 e. The molecule has 0 aliphatic carbocycles. The van der Waals surface area contributed by atoms with Gasteiger partial charge in [-0.1, -0.05) is 0 Å². The van der Waals surface area contributed by atoms with E-state index in [0.717, 1.165) is 5.56 Å². The van der Waals surface area contributed by atoms with Crippen molar-refractivity contribution in [3.05, 3.63) is 23.9 Å². The Morgan fingerprint density at radius 3 is 2.93 bits per heavy atom. The number of anilines is 1. The highest BCUT2D eigenvalue weighted by atomic mass is 16.4. The van der Waals surface area contributed by atoms with Crippen molar-refractivity contribution < 1.29 is 9.90 Å². The first-order valence-electron chi connectivity index (χ1n) is 4.36. The van der Waals surface area contributed by atoms with E-state index < -0.39 is 6.09 Å². The Kier molecular flexibility index (Phi) is 1.99. The first kappa shape index (κ1) is 8.80. The van der Waals surface area contributed by atoms with Crippen molar-refractivity contribution in [2.45, 2.75) is 5.92 Å². The van der Waals surface area contributed by atoms with Gasteiger partial charge in [0.05, 0.1) is 0 Å². The van der Waals surface area contributed by atoms with E-state index in [2.05, 4.69) is 4.98 Å². The summed E-state index contributed by atoms with van der Waals surface area (Å²) in [5.74, 6) is 0.757. The van der Waals surface area contributed by atoms with Crippen LogP contribution in [-0.4, -0.2) is 34.2 Å². The average Bonchev–Trinajstić information content (AvgIpc) is 2.00. The molecule has 14 heavy (non-hydrogen) atoms. The lowest BCUT2D eigenvalue weighted by Crippen LogP contribution is -2.47. The maximum Gasteiger partial charge on any atom is 0.407 e. The molecule has 0 aromatic carbocycles. The van der Waals surface area contributed by atoms with E-state index in [9.17, 15) is 4.79 Å². The number of pyridine rings is 1. The highest BCUT2D eigenvalue weighted by Gasteiger charge is 2.31. The lowest BCUT2D eigenvalue weighted by Gasteiger charge is -2.37. The molecule has 74 valence electrons. The van der Waals surface area contributed by atoms with Crippen LogP contribution < -0.4 is 5.73 Å². The number of aromatic nitrogens is 1. The van der Waals surface area contributed by atoms with Crippen LogP contribution in [0.2, 0.25) is 0 Å². The third-order valence-corrected chi connectivity index (χ3v) is 2.43. The van der Waals surface area contributed by atoms with Crippen LogP contribution in [0.4, 0.5) is 10.6 Å². The van der Waals surface area contributed by atoms with Gasteiger partial charge in [0.25, 0.3) is 0 Å². The van der Waals surface area contributed by atoms with Crippen molar-refractivity contribution in [1.29, 1.82) is 0 Å². The Hall–Kier alpha value is -1.78. The van der Waals surface area contributed by atoms with E-state index in [-0.39, 0.29) is 5.92 Å². The Balaban J connectivity index is 2.03. The van der Waals surface area contributed by atoms with E-state index in [1.165, 1.54) is 4.90 Å². The van der Waals surface area contributed by atoms with E-state index in [1.807, 2.05) is 6.07 Å². The molecule has 1 aromatic rings. The number of hydrogen-bond donors (Lipinski definition) is 2. The monoisotopic (exact) mass is 193 g/mol. The third kappa shape index (κ3) is 1.48. The molecule has 0 atom stereocenters. The maximum atomic E-state index is 10.5. The van der Waals surface area contributed by atoms with Crippen molar-refractivity contribution in [1.82, 2.24) is 9.88 Å².